The summed E-state index contributed by atoms with van der Waals surface area (Å²) >= 11 is 0. The van der Waals surface area contributed by atoms with E-state index < -0.39 is 5.97 Å². The van der Waals surface area contributed by atoms with Crippen LogP contribution in [-0.2, 0) is 9.53 Å². The molecule has 2 unspecified atom stereocenters. The molecule has 0 spiro atoms. The first-order valence-electron chi connectivity index (χ1n) is 6.43. The lowest BCUT2D eigenvalue weighted by Gasteiger charge is -2.39. The van der Waals surface area contributed by atoms with Gasteiger partial charge in [0.1, 0.15) is 0 Å². The summed E-state index contributed by atoms with van der Waals surface area (Å²) in [6.45, 7) is 7.91. The van der Waals surface area contributed by atoms with Crippen LogP contribution in [0.15, 0.2) is 0 Å². The summed E-state index contributed by atoms with van der Waals surface area (Å²) < 4.78 is 5.43. The van der Waals surface area contributed by atoms with Gasteiger partial charge >= 0.3 is 5.97 Å². The Morgan fingerprint density at radius 3 is 2.65 bits per heavy atom. The minimum atomic E-state index is -0.726. The SMILES string of the molecule is CC(C1CCOC1)N1CCN(CC(=O)O)CC1. The zero-order valence-electron chi connectivity index (χ0n) is 10.5. The monoisotopic (exact) mass is 242 g/mol. The minimum absolute atomic E-state index is 0.175. The molecule has 5 nitrogen and oxygen atoms in total. The van der Waals surface area contributed by atoms with Crippen molar-refractivity contribution in [3.63, 3.8) is 0 Å². The Kier molecular flexibility index (Phi) is 4.36. The van der Waals surface area contributed by atoms with Gasteiger partial charge in [0.2, 0.25) is 0 Å². The maximum Gasteiger partial charge on any atom is 0.317 e. The van der Waals surface area contributed by atoms with Gasteiger partial charge in [-0.25, -0.2) is 0 Å². The van der Waals surface area contributed by atoms with Crippen molar-refractivity contribution in [3.05, 3.63) is 0 Å². The standard InChI is InChI=1S/C12H22N2O3/c1-10(11-2-7-17-9-11)14-5-3-13(4-6-14)8-12(15)16/h10-11H,2-9H2,1H3,(H,15,16). The molecule has 2 heterocycles. The van der Waals surface area contributed by atoms with Crippen LogP contribution >= 0.6 is 0 Å². The number of rotatable bonds is 4. The quantitative estimate of drug-likeness (QED) is 0.758. The van der Waals surface area contributed by atoms with Crippen molar-refractivity contribution in [1.29, 1.82) is 0 Å². The van der Waals surface area contributed by atoms with E-state index in [9.17, 15) is 4.79 Å². The fourth-order valence-electron chi connectivity index (χ4n) is 2.75. The van der Waals surface area contributed by atoms with E-state index in [0.29, 0.717) is 12.0 Å². The number of nitrogens with zero attached hydrogens (tertiary/aromatic N) is 2. The average Bonchev–Trinajstić information content (AvgIpc) is 2.82. The van der Waals surface area contributed by atoms with Crippen LogP contribution in [0.25, 0.3) is 0 Å². The van der Waals surface area contributed by atoms with Gasteiger partial charge in [-0.3, -0.25) is 14.6 Å². The second-order valence-electron chi connectivity index (χ2n) is 5.07. The van der Waals surface area contributed by atoms with Gasteiger partial charge in [0.05, 0.1) is 13.2 Å². The topological polar surface area (TPSA) is 53.0 Å². The third-order valence-corrected chi connectivity index (χ3v) is 3.99. The van der Waals surface area contributed by atoms with E-state index in [0.717, 1.165) is 45.8 Å². The lowest BCUT2D eigenvalue weighted by Crippen LogP contribution is -2.52. The van der Waals surface area contributed by atoms with Crippen molar-refractivity contribution in [2.75, 3.05) is 45.9 Å². The highest BCUT2D eigenvalue weighted by atomic mass is 16.5. The number of ether oxygens (including phenoxy) is 1. The Morgan fingerprint density at radius 2 is 2.12 bits per heavy atom. The summed E-state index contributed by atoms with van der Waals surface area (Å²) in [6, 6.07) is 0.560. The van der Waals surface area contributed by atoms with Gasteiger partial charge in [-0.15, -0.1) is 0 Å². The molecule has 0 bridgehead atoms. The number of carboxylic acid groups (broad SMARTS) is 1. The molecule has 0 aliphatic carbocycles. The fraction of sp³-hybridized carbons (Fsp3) is 0.917. The lowest BCUT2D eigenvalue weighted by molar-refractivity contribution is -0.138. The molecule has 0 aromatic rings. The van der Waals surface area contributed by atoms with Crippen molar-refractivity contribution in [3.8, 4) is 0 Å². The maximum absolute atomic E-state index is 10.6. The van der Waals surface area contributed by atoms with E-state index in [1.165, 1.54) is 0 Å². The Hall–Kier alpha value is -0.650. The first kappa shape index (κ1) is 12.8. The molecule has 2 fully saturated rings. The Morgan fingerprint density at radius 1 is 1.41 bits per heavy atom. The highest BCUT2D eigenvalue weighted by Gasteiger charge is 2.29. The van der Waals surface area contributed by atoms with Crippen molar-refractivity contribution in [2.45, 2.75) is 19.4 Å². The maximum atomic E-state index is 10.6. The summed E-state index contributed by atoms with van der Waals surface area (Å²) in [5.74, 6) is -0.0725. The molecule has 0 aromatic heterocycles. The van der Waals surface area contributed by atoms with Gasteiger partial charge in [0, 0.05) is 38.8 Å². The first-order chi connectivity index (χ1) is 8.16. The van der Waals surface area contributed by atoms with Crippen LogP contribution in [0.1, 0.15) is 13.3 Å². The van der Waals surface area contributed by atoms with E-state index in [1.54, 1.807) is 0 Å². The van der Waals surface area contributed by atoms with E-state index in [4.69, 9.17) is 9.84 Å². The van der Waals surface area contributed by atoms with Crippen LogP contribution in [-0.4, -0.2) is 72.9 Å². The van der Waals surface area contributed by atoms with Gasteiger partial charge < -0.3 is 9.84 Å². The van der Waals surface area contributed by atoms with Crippen LogP contribution in [0.5, 0.6) is 0 Å². The second kappa shape index (κ2) is 5.80. The second-order valence-corrected chi connectivity index (χ2v) is 5.07. The molecule has 17 heavy (non-hydrogen) atoms. The van der Waals surface area contributed by atoms with E-state index >= 15 is 0 Å². The summed E-state index contributed by atoms with van der Waals surface area (Å²) in [5, 5.41) is 8.74. The van der Waals surface area contributed by atoms with Gasteiger partial charge in [-0.05, 0) is 19.3 Å². The van der Waals surface area contributed by atoms with Gasteiger partial charge in [0.15, 0.2) is 0 Å². The fourth-order valence-corrected chi connectivity index (χ4v) is 2.75. The molecular weight excluding hydrogens is 220 g/mol. The molecule has 5 heteroatoms. The molecule has 2 saturated heterocycles. The van der Waals surface area contributed by atoms with Crippen LogP contribution in [0.2, 0.25) is 0 Å². The summed E-state index contributed by atoms with van der Waals surface area (Å²) in [7, 11) is 0. The number of carboxylic acids is 1. The average molecular weight is 242 g/mol. The highest BCUT2D eigenvalue weighted by molar-refractivity contribution is 5.69. The molecule has 98 valence electrons. The predicted octanol–water partition coefficient (Wildman–Crippen LogP) is 0.114. The van der Waals surface area contributed by atoms with E-state index in [2.05, 4.69) is 11.8 Å². The number of hydrogen-bond acceptors (Lipinski definition) is 4. The Labute approximate surface area is 102 Å². The molecule has 0 radical (unpaired) electrons. The van der Waals surface area contributed by atoms with Gasteiger partial charge in [-0.2, -0.15) is 0 Å². The van der Waals surface area contributed by atoms with Gasteiger partial charge in [0.25, 0.3) is 0 Å². The molecule has 2 rings (SSSR count). The predicted molar refractivity (Wildman–Crippen MR) is 64.0 cm³/mol. The van der Waals surface area contributed by atoms with Crippen LogP contribution in [0.4, 0.5) is 0 Å². The lowest BCUT2D eigenvalue weighted by atomic mass is 9.98. The third-order valence-electron chi connectivity index (χ3n) is 3.99. The first-order valence-corrected chi connectivity index (χ1v) is 6.43. The Balaban J connectivity index is 1.76. The van der Waals surface area contributed by atoms with Crippen LogP contribution in [0, 0.1) is 5.92 Å². The van der Waals surface area contributed by atoms with Crippen molar-refractivity contribution in [2.24, 2.45) is 5.92 Å². The number of aliphatic carboxylic acids is 1. The molecular formula is C12H22N2O3. The van der Waals surface area contributed by atoms with E-state index in [-0.39, 0.29) is 6.54 Å². The summed E-state index contributed by atoms with van der Waals surface area (Å²) in [4.78, 5) is 15.1. The zero-order valence-corrected chi connectivity index (χ0v) is 10.5. The molecule has 2 aliphatic rings. The molecule has 0 saturated carbocycles. The molecule has 0 aromatic carbocycles. The third kappa shape index (κ3) is 3.40. The number of carbonyl (C=O) groups is 1. The molecule has 1 N–H and O–H groups in total. The Bertz CT molecular complexity index is 258. The van der Waals surface area contributed by atoms with Crippen molar-refractivity contribution >= 4 is 5.97 Å². The number of piperazine rings is 1. The largest absolute Gasteiger partial charge is 0.480 e. The van der Waals surface area contributed by atoms with Crippen LogP contribution in [0.3, 0.4) is 0 Å². The number of hydrogen-bond donors (Lipinski definition) is 1. The van der Waals surface area contributed by atoms with Crippen molar-refractivity contribution in [1.82, 2.24) is 9.80 Å². The van der Waals surface area contributed by atoms with Crippen molar-refractivity contribution < 1.29 is 14.6 Å². The van der Waals surface area contributed by atoms with Gasteiger partial charge in [-0.1, -0.05) is 0 Å². The summed E-state index contributed by atoms with van der Waals surface area (Å²) in [5.41, 5.74) is 0. The molecule has 0 amide bonds. The molecule has 2 atom stereocenters. The smallest absolute Gasteiger partial charge is 0.317 e. The minimum Gasteiger partial charge on any atom is -0.480 e. The zero-order chi connectivity index (χ0) is 12.3. The normalized spacial score (nSPS) is 29.4. The van der Waals surface area contributed by atoms with E-state index in [1.807, 2.05) is 4.90 Å². The molecule has 2 aliphatic heterocycles. The highest BCUT2D eigenvalue weighted by Crippen LogP contribution is 2.21. The summed E-state index contributed by atoms with van der Waals surface area (Å²) in [6.07, 6.45) is 1.16. The van der Waals surface area contributed by atoms with Crippen LogP contribution < -0.4 is 0 Å².